The van der Waals surface area contributed by atoms with Gasteiger partial charge in [-0.25, -0.2) is 5.43 Å². The summed E-state index contributed by atoms with van der Waals surface area (Å²) in [5.74, 6) is 0.843. The molecule has 0 aliphatic heterocycles. The second-order valence-corrected chi connectivity index (χ2v) is 7.53. The average molecular weight is 404 g/mol. The maximum atomic E-state index is 12.3. The number of benzene rings is 2. The number of nitrogens with one attached hydrogen (secondary N) is 2. The average Bonchev–Trinajstić information content (AvgIpc) is 3.15. The molecule has 0 atom stereocenters. The lowest BCUT2D eigenvalue weighted by molar-refractivity contribution is -0.118. The van der Waals surface area contributed by atoms with Crippen LogP contribution in [0, 0.1) is 6.92 Å². The summed E-state index contributed by atoms with van der Waals surface area (Å²) in [5, 5.41) is 6.12. The third-order valence-corrected chi connectivity index (χ3v) is 5.53. The number of aromatic nitrogens is 2. The second kappa shape index (κ2) is 8.36. The largest absolute Gasteiger partial charge is 0.497 e. The Morgan fingerprint density at radius 3 is 2.97 bits per heavy atom. The number of hydrogen-bond donors (Lipinski definition) is 2. The van der Waals surface area contributed by atoms with Gasteiger partial charge >= 0.3 is 0 Å². The fourth-order valence-corrected chi connectivity index (χ4v) is 4.02. The van der Waals surface area contributed by atoms with Gasteiger partial charge in [-0.15, -0.1) is 11.8 Å². The number of methoxy groups -OCH3 is 1. The van der Waals surface area contributed by atoms with Gasteiger partial charge in [0.05, 0.1) is 24.6 Å². The Balaban J connectivity index is 1.43. The molecule has 0 aliphatic carbocycles. The van der Waals surface area contributed by atoms with E-state index >= 15 is 0 Å². The van der Waals surface area contributed by atoms with Crippen LogP contribution < -0.4 is 10.2 Å². The number of hydrogen-bond acceptors (Lipinski definition) is 5. The van der Waals surface area contributed by atoms with Gasteiger partial charge < -0.3 is 9.72 Å². The fraction of sp³-hybridized carbons (Fsp3) is 0.136. The zero-order chi connectivity index (χ0) is 20.2. The molecule has 4 rings (SSSR count). The third kappa shape index (κ3) is 4.25. The van der Waals surface area contributed by atoms with Crippen molar-refractivity contribution in [3.05, 3.63) is 66.0 Å². The van der Waals surface area contributed by atoms with E-state index in [0.29, 0.717) is 0 Å². The van der Waals surface area contributed by atoms with Crippen LogP contribution in [0.5, 0.6) is 5.75 Å². The molecule has 1 amide bonds. The van der Waals surface area contributed by atoms with E-state index < -0.39 is 0 Å². The molecule has 0 saturated heterocycles. The molecule has 0 radical (unpaired) electrons. The van der Waals surface area contributed by atoms with E-state index in [9.17, 15) is 4.79 Å². The van der Waals surface area contributed by atoms with E-state index in [0.717, 1.165) is 43.7 Å². The topological polar surface area (TPSA) is 79.4 Å². The van der Waals surface area contributed by atoms with Crippen LogP contribution in [0.4, 0.5) is 0 Å². The Hall–Kier alpha value is -3.32. The maximum absolute atomic E-state index is 12.3. The molecule has 0 unspecified atom stereocenters. The lowest BCUT2D eigenvalue weighted by atomic mass is 10.2. The van der Waals surface area contributed by atoms with Crippen molar-refractivity contribution in [1.29, 1.82) is 0 Å². The molecule has 6 nitrogen and oxygen atoms in total. The highest BCUT2D eigenvalue weighted by molar-refractivity contribution is 8.00. The zero-order valence-corrected chi connectivity index (χ0v) is 16.9. The van der Waals surface area contributed by atoms with Crippen LogP contribution in [0.15, 0.2) is 64.7 Å². The smallest absolute Gasteiger partial charge is 0.250 e. The molecule has 0 fully saturated rings. The van der Waals surface area contributed by atoms with Gasteiger partial charge in [0.1, 0.15) is 5.75 Å². The molecule has 2 aromatic heterocycles. The predicted molar refractivity (Wildman–Crippen MR) is 118 cm³/mol. The van der Waals surface area contributed by atoms with Crippen molar-refractivity contribution in [1.82, 2.24) is 15.4 Å². The van der Waals surface area contributed by atoms with Crippen LogP contribution in [0.2, 0.25) is 0 Å². The van der Waals surface area contributed by atoms with Crippen molar-refractivity contribution < 1.29 is 9.53 Å². The number of amides is 1. The number of carbonyl (C=O) groups is 1. The van der Waals surface area contributed by atoms with E-state index in [4.69, 9.17) is 4.74 Å². The number of fused-ring (bicyclic) bond motifs is 2. The number of para-hydroxylation sites is 1. The molecular weight excluding hydrogens is 384 g/mol. The first-order valence-electron chi connectivity index (χ1n) is 9.10. The first kappa shape index (κ1) is 19.0. The molecule has 2 aromatic carbocycles. The Labute approximate surface area is 172 Å². The summed E-state index contributed by atoms with van der Waals surface area (Å²) in [7, 11) is 1.63. The van der Waals surface area contributed by atoms with Crippen molar-refractivity contribution in [2.24, 2.45) is 5.10 Å². The summed E-state index contributed by atoms with van der Waals surface area (Å²) in [6.45, 7) is 1.94. The van der Waals surface area contributed by atoms with Crippen molar-refractivity contribution in [3.8, 4) is 5.75 Å². The highest BCUT2D eigenvalue weighted by Gasteiger charge is 2.09. The van der Waals surface area contributed by atoms with Gasteiger partial charge in [0.2, 0.25) is 5.91 Å². The monoisotopic (exact) mass is 404 g/mol. The van der Waals surface area contributed by atoms with Crippen LogP contribution in [0.1, 0.15) is 11.3 Å². The minimum Gasteiger partial charge on any atom is -0.497 e. The van der Waals surface area contributed by atoms with E-state index in [1.54, 1.807) is 13.3 Å². The van der Waals surface area contributed by atoms with Gasteiger partial charge in [-0.2, -0.15) is 5.10 Å². The van der Waals surface area contributed by atoms with E-state index in [2.05, 4.69) is 20.5 Å². The molecule has 0 aliphatic rings. The van der Waals surface area contributed by atoms with Gasteiger partial charge in [0.25, 0.3) is 0 Å². The highest BCUT2D eigenvalue weighted by atomic mass is 32.2. The predicted octanol–water partition coefficient (Wildman–Crippen LogP) is 4.28. The number of ether oxygens (including phenoxy) is 1. The number of aromatic amines is 1. The quantitative estimate of drug-likeness (QED) is 0.286. The Morgan fingerprint density at radius 1 is 1.24 bits per heavy atom. The van der Waals surface area contributed by atoms with Crippen LogP contribution in [0.25, 0.3) is 21.8 Å². The molecule has 0 spiro atoms. The van der Waals surface area contributed by atoms with Crippen LogP contribution in [0.3, 0.4) is 0 Å². The normalized spacial score (nSPS) is 11.4. The van der Waals surface area contributed by atoms with E-state index in [-0.39, 0.29) is 11.7 Å². The van der Waals surface area contributed by atoms with Crippen LogP contribution in [-0.4, -0.2) is 35.0 Å². The number of rotatable bonds is 6. The Kier molecular flexibility index (Phi) is 5.48. The van der Waals surface area contributed by atoms with Gasteiger partial charge in [0, 0.05) is 38.6 Å². The molecule has 29 heavy (non-hydrogen) atoms. The number of hydrazone groups is 1. The van der Waals surface area contributed by atoms with Crippen molar-refractivity contribution in [2.45, 2.75) is 11.8 Å². The summed E-state index contributed by atoms with van der Waals surface area (Å²) < 4.78 is 5.31. The summed E-state index contributed by atoms with van der Waals surface area (Å²) in [5.41, 5.74) is 6.34. The zero-order valence-electron chi connectivity index (χ0n) is 16.1. The Morgan fingerprint density at radius 2 is 2.10 bits per heavy atom. The van der Waals surface area contributed by atoms with Crippen molar-refractivity contribution in [2.75, 3.05) is 12.9 Å². The number of thioether (sulfide) groups is 1. The summed E-state index contributed by atoms with van der Waals surface area (Å²) in [6, 6.07) is 15.7. The molecule has 0 bridgehead atoms. The standard InChI is InChI=1S/C22H20N4O2S/c1-14-9-21(18-10-16(28-2)7-8-20(18)25-14)29-13-22(27)26-24-12-15-11-23-19-6-4-3-5-17(15)19/h3-12,23H,13H2,1-2H3,(H,26,27)/b24-12+. The van der Waals surface area contributed by atoms with Crippen molar-refractivity contribution in [3.63, 3.8) is 0 Å². The molecule has 4 aromatic rings. The lowest BCUT2D eigenvalue weighted by Gasteiger charge is -2.09. The molecular formula is C22H20N4O2S. The number of nitrogens with zero attached hydrogens (tertiary/aromatic N) is 2. The van der Waals surface area contributed by atoms with Gasteiger partial charge in [-0.05, 0) is 37.3 Å². The molecule has 0 saturated carbocycles. The Bertz CT molecular complexity index is 1220. The molecule has 2 N–H and O–H groups in total. The number of aryl methyl sites for hydroxylation is 1. The van der Waals surface area contributed by atoms with Crippen molar-refractivity contribution >= 4 is 45.7 Å². The van der Waals surface area contributed by atoms with E-state index in [1.165, 1.54) is 11.8 Å². The SMILES string of the molecule is COc1ccc2nc(C)cc(SCC(=O)N/N=C/c3c[nH]c4ccccc34)c2c1. The fourth-order valence-electron chi connectivity index (χ4n) is 3.10. The minimum atomic E-state index is -0.170. The first-order chi connectivity index (χ1) is 14.1. The lowest BCUT2D eigenvalue weighted by Crippen LogP contribution is -2.19. The van der Waals surface area contributed by atoms with Crippen LogP contribution in [-0.2, 0) is 4.79 Å². The maximum Gasteiger partial charge on any atom is 0.250 e. The minimum absolute atomic E-state index is 0.170. The number of H-pyrrole nitrogens is 1. The summed E-state index contributed by atoms with van der Waals surface area (Å²) in [6.07, 6.45) is 3.52. The van der Waals surface area contributed by atoms with Gasteiger partial charge in [-0.1, -0.05) is 18.2 Å². The van der Waals surface area contributed by atoms with Gasteiger partial charge in [0.15, 0.2) is 0 Å². The summed E-state index contributed by atoms with van der Waals surface area (Å²) >= 11 is 1.45. The number of carbonyl (C=O) groups excluding carboxylic acids is 1. The molecule has 7 heteroatoms. The first-order valence-corrected chi connectivity index (χ1v) is 10.1. The highest BCUT2D eigenvalue weighted by Crippen LogP contribution is 2.30. The van der Waals surface area contributed by atoms with E-state index in [1.807, 2.05) is 61.7 Å². The third-order valence-electron chi connectivity index (χ3n) is 4.48. The summed E-state index contributed by atoms with van der Waals surface area (Å²) in [4.78, 5) is 21.0. The second-order valence-electron chi connectivity index (χ2n) is 6.52. The number of pyridine rings is 1. The van der Waals surface area contributed by atoms with Gasteiger partial charge in [-0.3, -0.25) is 9.78 Å². The van der Waals surface area contributed by atoms with Crippen LogP contribution >= 0.6 is 11.8 Å². The molecule has 2 heterocycles. The molecule has 146 valence electrons.